The van der Waals surface area contributed by atoms with E-state index < -0.39 is 0 Å². The minimum atomic E-state index is -0.315. The Morgan fingerprint density at radius 2 is 1.77 bits per heavy atom. The van der Waals surface area contributed by atoms with Crippen molar-refractivity contribution in [1.82, 2.24) is 0 Å². The normalized spacial score (nSPS) is 22.6. The zero-order valence-corrected chi connectivity index (χ0v) is 14.3. The van der Waals surface area contributed by atoms with Crippen LogP contribution in [0.3, 0.4) is 0 Å². The Kier molecular flexibility index (Phi) is 6.46. The van der Waals surface area contributed by atoms with E-state index in [0.29, 0.717) is 35.0 Å². The van der Waals surface area contributed by atoms with E-state index in [-0.39, 0.29) is 11.6 Å². The van der Waals surface area contributed by atoms with Gasteiger partial charge in [0.2, 0.25) is 0 Å². The van der Waals surface area contributed by atoms with Gasteiger partial charge in [0, 0.05) is 17.9 Å². The van der Waals surface area contributed by atoms with E-state index in [9.17, 15) is 14.0 Å². The molecule has 0 heterocycles. The van der Waals surface area contributed by atoms with Crippen molar-refractivity contribution in [2.75, 3.05) is 0 Å². The van der Waals surface area contributed by atoms with Crippen LogP contribution in [0.5, 0.6) is 0 Å². The monoisotopic (exact) mass is 306 g/mol. The highest BCUT2D eigenvalue weighted by atomic mass is 19.1. The molecular formula is C19H27FO2. The molecule has 122 valence electrons. The van der Waals surface area contributed by atoms with Crippen molar-refractivity contribution in [3.63, 3.8) is 0 Å². The molecule has 2 nitrogen and oxygen atoms in total. The zero-order valence-electron chi connectivity index (χ0n) is 14.3. The van der Waals surface area contributed by atoms with Crippen molar-refractivity contribution in [2.24, 2.45) is 17.3 Å². The third kappa shape index (κ3) is 4.75. The van der Waals surface area contributed by atoms with Crippen LogP contribution in [0, 0.1) is 23.1 Å². The highest BCUT2D eigenvalue weighted by molar-refractivity contribution is 5.93. The molecule has 1 fully saturated rings. The fourth-order valence-corrected chi connectivity index (χ4v) is 2.94. The molecule has 2 rings (SSSR count). The average molecular weight is 306 g/mol. The van der Waals surface area contributed by atoms with Gasteiger partial charge >= 0.3 is 0 Å². The van der Waals surface area contributed by atoms with Gasteiger partial charge in [-0.2, -0.15) is 0 Å². The summed E-state index contributed by atoms with van der Waals surface area (Å²) in [5, 5.41) is 0. The molecule has 1 aromatic rings. The Morgan fingerprint density at radius 3 is 2.14 bits per heavy atom. The lowest BCUT2D eigenvalue weighted by Gasteiger charge is -2.26. The molecule has 1 aromatic carbocycles. The Morgan fingerprint density at radius 1 is 1.23 bits per heavy atom. The minimum Gasteiger partial charge on any atom is -0.299 e. The van der Waals surface area contributed by atoms with E-state index in [1.54, 1.807) is 0 Å². The molecule has 1 saturated carbocycles. The van der Waals surface area contributed by atoms with Crippen LogP contribution in [-0.4, -0.2) is 11.6 Å². The van der Waals surface area contributed by atoms with Gasteiger partial charge in [-0.15, -0.1) is 0 Å². The molecule has 0 spiro atoms. The molecule has 3 heteroatoms. The van der Waals surface area contributed by atoms with Crippen LogP contribution in [0.2, 0.25) is 0 Å². The van der Waals surface area contributed by atoms with Crippen molar-refractivity contribution < 1.29 is 14.0 Å². The van der Waals surface area contributed by atoms with Gasteiger partial charge in [0.05, 0.1) is 0 Å². The zero-order chi connectivity index (χ0) is 16.9. The van der Waals surface area contributed by atoms with Crippen LogP contribution in [-0.2, 0) is 4.79 Å². The van der Waals surface area contributed by atoms with Crippen LogP contribution in [0.4, 0.5) is 4.39 Å². The van der Waals surface area contributed by atoms with Gasteiger partial charge < -0.3 is 0 Å². The lowest BCUT2D eigenvalue weighted by Crippen LogP contribution is -2.23. The van der Waals surface area contributed by atoms with Crippen LogP contribution in [0.25, 0.3) is 0 Å². The molecule has 22 heavy (non-hydrogen) atoms. The molecule has 0 aromatic heterocycles. The molecule has 0 saturated heterocycles. The second-order valence-electron chi connectivity index (χ2n) is 6.81. The summed E-state index contributed by atoms with van der Waals surface area (Å²) >= 11 is 0. The SMILES string of the molecule is CC(=O)c1ccc(F)cc1.CCC(=O)[C@@H]1CCC(C)(C)C1C. The van der Waals surface area contributed by atoms with Gasteiger partial charge in [0.25, 0.3) is 0 Å². The van der Waals surface area contributed by atoms with Gasteiger partial charge in [-0.05, 0) is 55.4 Å². The first-order valence-electron chi connectivity index (χ1n) is 7.98. The van der Waals surface area contributed by atoms with Crippen LogP contribution < -0.4 is 0 Å². The highest BCUT2D eigenvalue weighted by Gasteiger charge is 2.41. The Bertz CT molecular complexity index is 517. The summed E-state index contributed by atoms with van der Waals surface area (Å²) in [6.45, 7) is 10.2. The summed E-state index contributed by atoms with van der Waals surface area (Å²) in [6.07, 6.45) is 3.04. The smallest absolute Gasteiger partial charge is 0.159 e. The Hall–Kier alpha value is -1.51. The fraction of sp³-hybridized carbons (Fsp3) is 0.579. The molecule has 2 atom stereocenters. The maximum absolute atomic E-state index is 12.2. The van der Waals surface area contributed by atoms with Gasteiger partial charge in [-0.25, -0.2) is 4.39 Å². The maximum Gasteiger partial charge on any atom is 0.159 e. The lowest BCUT2D eigenvalue weighted by molar-refractivity contribution is -0.123. The predicted octanol–water partition coefficient (Wildman–Crippen LogP) is 5.07. The van der Waals surface area contributed by atoms with Crippen molar-refractivity contribution in [1.29, 1.82) is 0 Å². The third-order valence-corrected chi connectivity index (χ3v) is 4.95. The fourth-order valence-electron chi connectivity index (χ4n) is 2.94. The summed E-state index contributed by atoms with van der Waals surface area (Å²) in [6, 6.07) is 5.49. The van der Waals surface area contributed by atoms with Crippen LogP contribution >= 0.6 is 0 Å². The molecule has 0 radical (unpaired) electrons. The number of carbonyl (C=O) groups excluding carboxylic acids is 2. The second kappa shape index (κ2) is 7.66. The molecule has 0 aliphatic heterocycles. The van der Waals surface area contributed by atoms with Crippen molar-refractivity contribution in [2.45, 2.75) is 53.9 Å². The number of carbonyl (C=O) groups is 2. The number of halogens is 1. The molecule has 1 aliphatic rings. The molecule has 0 bridgehead atoms. The first kappa shape index (κ1) is 18.5. The minimum absolute atomic E-state index is 0.0417. The quantitative estimate of drug-likeness (QED) is 0.731. The highest BCUT2D eigenvalue weighted by Crippen LogP contribution is 2.46. The first-order chi connectivity index (χ1) is 10.2. The van der Waals surface area contributed by atoms with E-state index in [1.807, 2.05) is 6.92 Å². The molecule has 1 unspecified atom stereocenters. The van der Waals surface area contributed by atoms with Gasteiger partial charge in [0.1, 0.15) is 11.6 Å². The number of rotatable bonds is 3. The summed E-state index contributed by atoms with van der Waals surface area (Å²) in [5.41, 5.74) is 0.927. The van der Waals surface area contributed by atoms with E-state index in [1.165, 1.54) is 37.6 Å². The van der Waals surface area contributed by atoms with E-state index in [4.69, 9.17) is 0 Å². The van der Waals surface area contributed by atoms with Crippen molar-refractivity contribution in [3.8, 4) is 0 Å². The number of benzene rings is 1. The summed E-state index contributed by atoms with van der Waals surface area (Å²) < 4.78 is 12.2. The molecule has 1 aliphatic carbocycles. The summed E-state index contributed by atoms with van der Waals surface area (Å²) in [4.78, 5) is 22.1. The number of ketones is 2. The predicted molar refractivity (Wildman–Crippen MR) is 87.4 cm³/mol. The average Bonchev–Trinajstić information content (AvgIpc) is 2.74. The van der Waals surface area contributed by atoms with Gasteiger partial charge in [0.15, 0.2) is 5.78 Å². The van der Waals surface area contributed by atoms with Crippen LogP contribution in [0.15, 0.2) is 24.3 Å². The summed E-state index contributed by atoms with van der Waals surface area (Å²) in [7, 11) is 0. The standard InChI is InChI=1S/C11H20O.C8H7FO/c1-5-10(12)9-6-7-11(3,4)8(9)2;1-6(10)7-2-4-8(9)5-3-7/h8-9H,5-7H2,1-4H3;2-5H,1H3/t8?,9-;/m1./s1. The van der Waals surface area contributed by atoms with Crippen molar-refractivity contribution >= 4 is 11.6 Å². The molecule has 0 N–H and O–H groups in total. The van der Waals surface area contributed by atoms with Crippen LogP contribution in [0.1, 0.15) is 64.2 Å². The largest absolute Gasteiger partial charge is 0.299 e. The van der Waals surface area contributed by atoms with Crippen molar-refractivity contribution in [3.05, 3.63) is 35.6 Å². The summed E-state index contributed by atoms with van der Waals surface area (Å²) in [5.74, 6) is 1.04. The van der Waals surface area contributed by atoms with E-state index in [2.05, 4.69) is 20.8 Å². The Balaban J connectivity index is 0.000000224. The topological polar surface area (TPSA) is 34.1 Å². The van der Waals surface area contributed by atoms with Gasteiger partial charge in [-0.3, -0.25) is 9.59 Å². The maximum atomic E-state index is 12.2. The second-order valence-corrected chi connectivity index (χ2v) is 6.81. The van der Waals surface area contributed by atoms with E-state index >= 15 is 0 Å². The first-order valence-corrected chi connectivity index (χ1v) is 7.98. The molecule has 0 amide bonds. The number of Topliss-reactive ketones (excluding diaryl/α,β-unsaturated/α-hetero) is 2. The molecular weight excluding hydrogens is 279 g/mol. The third-order valence-electron chi connectivity index (χ3n) is 4.95. The Labute approximate surface area is 133 Å². The number of hydrogen-bond donors (Lipinski definition) is 0. The number of hydrogen-bond acceptors (Lipinski definition) is 2. The van der Waals surface area contributed by atoms with Gasteiger partial charge in [-0.1, -0.05) is 27.7 Å². The van der Waals surface area contributed by atoms with E-state index in [0.717, 1.165) is 6.42 Å². The lowest BCUT2D eigenvalue weighted by atomic mass is 9.79.